The Morgan fingerprint density at radius 3 is 2.81 bits per heavy atom. The lowest BCUT2D eigenvalue weighted by Gasteiger charge is -2.33. The molecule has 2 heterocycles. The molecule has 2 aliphatic heterocycles. The Bertz CT molecular complexity index is 689. The Hall–Kier alpha value is -2.41. The van der Waals surface area contributed by atoms with Crippen LogP contribution in [0.5, 0.6) is 0 Å². The molecule has 1 saturated heterocycles. The van der Waals surface area contributed by atoms with E-state index in [2.05, 4.69) is 10.6 Å². The van der Waals surface area contributed by atoms with Crippen LogP contribution in [0.25, 0.3) is 0 Å². The summed E-state index contributed by atoms with van der Waals surface area (Å²) in [6, 6.07) is 7.22. The number of hydrogen-bond acceptors (Lipinski definition) is 4. The summed E-state index contributed by atoms with van der Waals surface area (Å²) < 4.78 is 0. The maximum absolute atomic E-state index is 12.6. The van der Waals surface area contributed by atoms with E-state index in [-0.39, 0.29) is 37.1 Å². The van der Waals surface area contributed by atoms with Crippen molar-refractivity contribution in [1.82, 2.24) is 10.2 Å². The first-order valence-corrected chi connectivity index (χ1v) is 9.20. The fourth-order valence-corrected chi connectivity index (χ4v) is 3.71. The van der Waals surface area contributed by atoms with Crippen LogP contribution < -0.4 is 15.5 Å². The van der Waals surface area contributed by atoms with Gasteiger partial charge in [-0.3, -0.25) is 14.4 Å². The van der Waals surface area contributed by atoms with Crippen LogP contribution in [0.2, 0.25) is 0 Å². The first-order valence-electron chi connectivity index (χ1n) is 9.20. The first-order chi connectivity index (χ1) is 12.6. The predicted molar refractivity (Wildman–Crippen MR) is 99.9 cm³/mol. The van der Waals surface area contributed by atoms with Gasteiger partial charge in [-0.25, -0.2) is 0 Å². The molecule has 0 aromatic heterocycles. The fourth-order valence-electron chi connectivity index (χ4n) is 3.71. The van der Waals surface area contributed by atoms with Crippen LogP contribution >= 0.6 is 0 Å². The molecular weight excluding hydrogens is 332 g/mol. The summed E-state index contributed by atoms with van der Waals surface area (Å²) in [5.74, 6) is 0.0960. The SMILES string of the molecule is CNCC1CCCN(C(=O)CCC(=O)N2CC(=O)Nc3ccccc32)C1. The molecule has 1 fully saturated rings. The van der Waals surface area contributed by atoms with Gasteiger partial charge in [0.15, 0.2) is 0 Å². The molecule has 1 atom stereocenters. The Kier molecular flexibility index (Phi) is 5.88. The minimum Gasteiger partial charge on any atom is -0.342 e. The van der Waals surface area contributed by atoms with Gasteiger partial charge in [-0.1, -0.05) is 12.1 Å². The molecule has 7 nitrogen and oxygen atoms in total. The second-order valence-corrected chi connectivity index (χ2v) is 6.95. The summed E-state index contributed by atoms with van der Waals surface area (Å²) >= 11 is 0. The van der Waals surface area contributed by atoms with Crippen LogP contribution in [0.1, 0.15) is 25.7 Å². The maximum atomic E-state index is 12.6. The number of anilines is 2. The Morgan fingerprint density at radius 2 is 2.00 bits per heavy atom. The molecule has 1 aromatic rings. The number of carbonyl (C=O) groups is 3. The summed E-state index contributed by atoms with van der Waals surface area (Å²) in [5, 5.41) is 5.93. The Labute approximate surface area is 153 Å². The van der Waals surface area contributed by atoms with Crippen LogP contribution in [0, 0.1) is 5.92 Å². The van der Waals surface area contributed by atoms with Crippen molar-refractivity contribution in [3.63, 3.8) is 0 Å². The van der Waals surface area contributed by atoms with Gasteiger partial charge in [-0.2, -0.15) is 0 Å². The highest BCUT2D eigenvalue weighted by Crippen LogP contribution is 2.29. The monoisotopic (exact) mass is 358 g/mol. The van der Waals surface area contributed by atoms with Gasteiger partial charge < -0.3 is 20.4 Å². The van der Waals surface area contributed by atoms with Gasteiger partial charge in [-0.05, 0) is 44.5 Å². The molecule has 0 saturated carbocycles. The number of likely N-dealkylation sites (tertiary alicyclic amines) is 1. The highest BCUT2D eigenvalue weighted by atomic mass is 16.2. The summed E-state index contributed by atoms with van der Waals surface area (Å²) in [6.45, 7) is 2.42. The highest BCUT2D eigenvalue weighted by Gasteiger charge is 2.28. The maximum Gasteiger partial charge on any atom is 0.244 e. The van der Waals surface area contributed by atoms with E-state index in [0.29, 0.717) is 17.3 Å². The molecule has 2 aliphatic rings. The van der Waals surface area contributed by atoms with E-state index in [9.17, 15) is 14.4 Å². The van der Waals surface area contributed by atoms with Gasteiger partial charge in [0.1, 0.15) is 6.54 Å². The second kappa shape index (κ2) is 8.31. The normalized spacial score (nSPS) is 19.7. The van der Waals surface area contributed by atoms with Crippen LogP contribution in [0.4, 0.5) is 11.4 Å². The number of nitrogens with one attached hydrogen (secondary N) is 2. The van der Waals surface area contributed by atoms with Crippen LogP contribution in [-0.2, 0) is 14.4 Å². The summed E-state index contributed by atoms with van der Waals surface area (Å²) in [6.07, 6.45) is 2.44. The third-order valence-electron chi connectivity index (χ3n) is 4.99. The zero-order chi connectivity index (χ0) is 18.5. The van der Waals surface area contributed by atoms with E-state index < -0.39 is 0 Å². The molecule has 1 aromatic carbocycles. The van der Waals surface area contributed by atoms with Crippen LogP contribution in [0.15, 0.2) is 24.3 Å². The molecule has 2 N–H and O–H groups in total. The van der Waals surface area contributed by atoms with E-state index in [0.717, 1.165) is 32.5 Å². The summed E-state index contributed by atoms with van der Waals surface area (Å²) in [7, 11) is 1.92. The van der Waals surface area contributed by atoms with Crippen LogP contribution in [-0.4, -0.2) is 55.8 Å². The minimum atomic E-state index is -0.214. The number of fused-ring (bicyclic) bond motifs is 1. The van der Waals surface area contributed by atoms with E-state index >= 15 is 0 Å². The summed E-state index contributed by atoms with van der Waals surface area (Å²) in [5.41, 5.74) is 1.32. The molecule has 0 radical (unpaired) electrons. The van der Waals surface area contributed by atoms with Crippen molar-refractivity contribution < 1.29 is 14.4 Å². The number of amides is 3. The van der Waals surface area contributed by atoms with Gasteiger partial charge in [0.05, 0.1) is 11.4 Å². The standard InChI is InChI=1S/C19H26N4O3/c1-20-11-14-5-4-10-22(12-14)18(25)8-9-19(26)23-13-17(24)21-15-6-2-3-7-16(15)23/h2-3,6-7,14,20H,4-5,8-13H2,1H3,(H,21,24). The number of para-hydroxylation sites is 2. The third kappa shape index (κ3) is 4.22. The van der Waals surface area contributed by atoms with Gasteiger partial charge in [0.25, 0.3) is 0 Å². The molecule has 0 aliphatic carbocycles. The third-order valence-corrected chi connectivity index (χ3v) is 4.99. The smallest absolute Gasteiger partial charge is 0.244 e. The van der Waals surface area contributed by atoms with Gasteiger partial charge in [0, 0.05) is 25.9 Å². The lowest BCUT2D eigenvalue weighted by atomic mass is 9.97. The summed E-state index contributed by atoms with van der Waals surface area (Å²) in [4.78, 5) is 40.3. The number of nitrogens with zero attached hydrogens (tertiary/aromatic N) is 2. The minimum absolute atomic E-state index is 0.00199. The van der Waals surface area contributed by atoms with Crippen molar-refractivity contribution in [3.05, 3.63) is 24.3 Å². The predicted octanol–water partition coefficient (Wildman–Crippen LogP) is 1.21. The largest absolute Gasteiger partial charge is 0.342 e. The molecule has 1 unspecified atom stereocenters. The average molecular weight is 358 g/mol. The molecule has 3 rings (SSSR count). The van der Waals surface area contributed by atoms with Crippen molar-refractivity contribution in [1.29, 1.82) is 0 Å². The van der Waals surface area contributed by atoms with E-state index in [1.165, 1.54) is 4.90 Å². The Balaban J connectivity index is 1.57. The quantitative estimate of drug-likeness (QED) is 0.829. The van der Waals surface area contributed by atoms with Crippen molar-refractivity contribution in [2.24, 2.45) is 5.92 Å². The van der Waals surface area contributed by atoms with E-state index in [4.69, 9.17) is 0 Å². The number of benzene rings is 1. The zero-order valence-corrected chi connectivity index (χ0v) is 15.2. The zero-order valence-electron chi connectivity index (χ0n) is 15.2. The number of carbonyl (C=O) groups excluding carboxylic acids is 3. The van der Waals surface area contributed by atoms with Crippen molar-refractivity contribution in [3.8, 4) is 0 Å². The van der Waals surface area contributed by atoms with E-state index in [1.54, 1.807) is 6.07 Å². The highest BCUT2D eigenvalue weighted by molar-refractivity contribution is 6.10. The van der Waals surface area contributed by atoms with Gasteiger partial charge >= 0.3 is 0 Å². The number of rotatable bonds is 5. The van der Waals surface area contributed by atoms with E-state index in [1.807, 2.05) is 30.1 Å². The average Bonchev–Trinajstić information content (AvgIpc) is 2.65. The molecule has 140 valence electrons. The molecule has 0 spiro atoms. The fraction of sp³-hybridized carbons (Fsp3) is 0.526. The van der Waals surface area contributed by atoms with Crippen LogP contribution in [0.3, 0.4) is 0 Å². The van der Waals surface area contributed by atoms with Gasteiger partial charge in [0.2, 0.25) is 17.7 Å². The van der Waals surface area contributed by atoms with Crippen molar-refractivity contribution in [2.45, 2.75) is 25.7 Å². The molecule has 7 heteroatoms. The Morgan fingerprint density at radius 1 is 1.23 bits per heavy atom. The lowest BCUT2D eigenvalue weighted by Crippen LogP contribution is -2.44. The van der Waals surface area contributed by atoms with Crippen molar-refractivity contribution >= 4 is 29.1 Å². The van der Waals surface area contributed by atoms with Gasteiger partial charge in [-0.15, -0.1) is 0 Å². The lowest BCUT2D eigenvalue weighted by molar-refractivity contribution is -0.134. The molecule has 0 bridgehead atoms. The molecule has 26 heavy (non-hydrogen) atoms. The molecular formula is C19H26N4O3. The molecule has 3 amide bonds. The van der Waals surface area contributed by atoms with Crippen molar-refractivity contribution in [2.75, 3.05) is 43.4 Å². The number of piperidine rings is 1. The number of hydrogen-bond donors (Lipinski definition) is 2. The second-order valence-electron chi connectivity index (χ2n) is 6.95. The topological polar surface area (TPSA) is 81.8 Å². The first kappa shape index (κ1) is 18.4.